The first-order valence-corrected chi connectivity index (χ1v) is 11.5. The van der Waals surface area contributed by atoms with Gasteiger partial charge in [0, 0.05) is 16.2 Å². The van der Waals surface area contributed by atoms with Crippen LogP contribution in [0.4, 0.5) is 0 Å². The summed E-state index contributed by atoms with van der Waals surface area (Å²) >= 11 is 4.97. The molecule has 27 heavy (non-hydrogen) atoms. The summed E-state index contributed by atoms with van der Waals surface area (Å²) in [6.07, 6.45) is 2.76. The second-order valence-corrected chi connectivity index (χ2v) is 8.77. The van der Waals surface area contributed by atoms with Gasteiger partial charge < -0.3 is 4.74 Å². The summed E-state index contributed by atoms with van der Waals surface area (Å²) < 4.78 is 5.71. The molecule has 0 N–H and O–H groups in total. The number of hydrazone groups is 1. The fourth-order valence-corrected chi connectivity index (χ4v) is 4.86. The van der Waals surface area contributed by atoms with E-state index < -0.39 is 0 Å². The smallest absolute Gasteiger partial charge is 0.281 e. The van der Waals surface area contributed by atoms with Gasteiger partial charge in [-0.2, -0.15) is 5.10 Å². The van der Waals surface area contributed by atoms with E-state index in [1.165, 1.54) is 0 Å². The summed E-state index contributed by atoms with van der Waals surface area (Å²) in [5.41, 5.74) is 0.959. The Morgan fingerprint density at radius 1 is 1.19 bits per heavy atom. The third-order valence-electron chi connectivity index (χ3n) is 4.26. The lowest BCUT2D eigenvalue weighted by molar-refractivity contribution is -0.135. The number of hydrogen-bond donors (Lipinski definition) is 0. The van der Waals surface area contributed by atoms with Crippen LogP contribution in [0.25, 0.3) is 0 Å². The molecule has 7 heteroatoms. The zero-order valence-electron chi connectivity index (χ0n) is 14.7. The lowest BCUT2D eigenvalue weighted by atomic mass is 10.1. The fourth-order valence-electron chi connectivity index (χ4n) is 2.92. The summed E-state index contributed by atoms with van der Waals surface area (Å²) in [7, 11) is 0. The van der Waals surface area contributed by atoms with Crippen molar-refractivity contribution in [3.05, 3.63) is 69.0 Å². The molecule has 0 unspecified atom stereocenters. The predicted octanol–water partition coefficient (Wildman–Crippen LogP) is 5.29. The third kappa shape index (κ3) is 4.10. The van der Waals surface area contributed by atoms with E-state index in [0.29, 0.717) is 5.75 Å². The Morgan fingerprint density at radius 3 is 2.63 bits per heavy atom. The highest BCUT2D eigenvalue weighted by molar-refractivity contribution is 7.98. The standard InChI is InChI=1S/C20H18N2O2S3/c1-25-15-8-6-14(7-9-15)24-13-20(23)22-17(19-5-3-11-27-19)12-16(21-22)18-4-2-10-26-18/h2-11,17H,12-13H2,1H3/t17-/m0/s1. The highest BCUT2D eigenvalue weighted by atomic mass is 32.2. The molecule has 0 spiro atoms. The summed E-state index contributed by atoms with van der Waals surface area (Å²) in [6.45, 7) is -0.0261. The van der Waals surface area contributed by atoms with E-state index in [2.05, 4.69) is 11.2 Å². The molecule has 1 aliphatic rings. The quantitative estimate of drug-likeness (QED) is 0.515. The van der Waals surface area contributed by atoms with Gasteiger partial charge in [0.15, 0.2) is 6.61 Å². The third-order valence-corrected chi connectivity index (χ3v) is 6.90. The average Bonchev–Trinajstić information content (AvgIpc) is 3.46. The van der Waals surface area contributed by atoms with Crippen molar-refractivity contribution in [2.24, 2.45) is 5.10 Å². The van der Waals surface area contributed by atoms with Crippen LogP contribution in [0.15, 0.2) is 69.3 Å². The summed E-state index contributed by atoms with van der Waals surface area (Å²) in [5.74, 6) is 0.560. The van der Waals surface area contributed by atoms with Crippen LogP contribution in [0.1, 0.15) is 22.2 Å². The minimum atomic E-state index is -0.131. The molecule has 2 aromatic heterocycles. The van der Waals surface area contributed by atoms with E-state index in [-0.39, 0.29) is 18.6 Å². The molecule has 1 aromatic carbocycles. The van der Waals surface area contributed by atoms with E-state index in [4.69, 9.17) is 4.74 Å². The number of carbonyl (C=O) groups is 1. The lowest BCUT2D eigenvalue weighted by Gasteiger charge is -2.20. The van der Waals surface area contributed by atoms with Crippen LogP contribution in [0, 0.1) is 0 Å². The Morgan fingerprint density at radius 2 is 1.96 bits per heavy atom. The van der Waals surface area contributed by atoms with Gasteiger partial charge in [-0.3, -0.25) is 4.79 Å². The van der Waals surface area contributed by atoms with Gasteiger partial charge in [0.05, 0.1) is 16.6 Å². The van der Waals surface area contributed by atoms with E-state index in [9.17, 15) is 4.79 Å². The Kier molecular flexibility index (Phi) is 5.61. The number of amides is 1. The minimum Gasteiger partial charge on any atom is -0.484 e. The molecule has 1 aliphatic heterocycles. The number of nitrogens with zero attached hydrogens (tertiary/aromatic N) is 2. The van der Waals surface area contributed by atoms with Crippen molar-refractivity contribution in [3.8, 4) is 5.75 Å². The molecule has 1 amide bonds. The Bertz CT molecular complexity index is 919. The number of hydrogen-bond acceptors (Lipinski definition) is 6. The molecular formula is C20H18N2O2S3. The first-order valence-electron chi connectivity index (χ1n) is 8.48. The highest BCUT2D eigenvalue weighted by Gasteiger charge is 2.34. The lowest BCUT2D eigenvalue weighted by Crippen LogP contribution is -2.31. The van der Waals surface area contributed by atoms with E-state index in [0.717, 1.165) is 26.8 Å². The molecule has 0 radical (unpaired) electrons. The molecule has 0 bridgehead atoms. The van der Waals surface area contributed by atoms with Gasteiger partial charge >= 0.3 is 0 Å². The average molecular weight is 415 g/mol. The summed E-state index contributed by atoms with van der Waals surface area (Å²) in [5, 5.41) is 10.3. The van der Waals surface area contributed by atoms with Crippen LogP contribution >= 0.6 is 34.4 Å². The molecule has 4 rings (SSSR count). The van der Waals surface area contributed by atoms with Crippen molar-refractivity contribution in [1.29, 1.82) is 0 Å². The van der Waals surface area contributed by atoms with Crippen molar-refractivity contribution in [2.75, 3.05) is 12.9 Å². The number of thiophene rings is 2. The van der Waals surface area contributed by atoms with Crippen LogP contribution in [0.5, 0.6) is 5.75 Å². The zero-order chi connectivity index (χ0) is 18.6. The second-order valence-electron chi connectivity index (χ2n) is 5.96. The van der Waals surface area contributed by atoms with Gasteiger partial charge in [0.2, 0.25) is 0 Å². The van der Waals surface area contributed by atoms with E-state index >= 15 is 0 Å². The van der Waals surface area contributed by atoms with E-state index in [1.807, 2.05) is 59.5 Å². The molecule has 0 aliphatic carbocycles. The van der Waals surface area contributed by atoms with Gasteiger partial charge in [0.1, 0.15) is 5.75 Å². The van der Waals surface area contributed by atoms with Crippen molar-refractivity contribution in [2.45, 2.75) is 17.4 Å². The molecule has 3 heterocycles. The van der Waals surface area contributed by atoms with E-state index in [1.54, 1.807) is 39.4 Å². The topological polar surface area (TPSA) is 41.9 Å². The normalized spacial score (nSPS) is 16.4. The summed E-state index contributed by atoms with van der Waals surface area (Å²) in [4.78, 5) is 16.3. The molecular weight excluding hydrogens is 396 g/mol. The first kappa shape index (κ1) is 18.3. The number of benzene rings is 1. The van der Waals surface area contributed by atoms with Crippen molar-refractivity contribution < 1.29 is 9.53 Å². The maximum absolute atomic E-state index is 12.9. The number of thioether (sulfide) groups is 1. The Labute approximate surface area is 170 Å². The van der Waals surface area contributed by atoms with Crippen LogP contribution < -0.4 is 4.74 Å². The number of carbonyl (C=O) groups excluding carboxylic acids is 1. The molecule has 0 saturated heterocycles. The monoisotopic (exact) mass is 414 g/mol. The van der Waals surface area contributed by atoms with Gasteiger partial charge in [-0.25, -0.2) is 5.01 Å². The van der Waals surface area contributed by atoms with Gasteiger partial charge in [-0.15, -0.1) is 34.4 Å². The summed E-state index contributed by atoms with van der Waals surface area (Å²) in [6, 6.07) is 15.8. The van der Waals surface area contributed by atoms with Crippen LogP contribution in [0.2, 0.25) is 0 Å². The maximum atomic E-state index is 12.9. The number of rotatable bonds is 6. The van der Waals surface area contributed by atoms with Crippen LogP contribution in [-0.4, -0.2) is 29.5 Å². The first-order chi connectivity index (χ1) is 13.2. The van der Waals surface area contributed by atoms with Gasteiger partial charge in [0.25, 0.3) is 5.91 Å². The molecule has 0 saturated carbocycles. The molecule has 4 nitrogen and oxygen atoms in total. The largest absolute Gasteiger partial charge is 0.484 e. The molecule has 0 fully saturated rings. The van der Waals surface area contributed by atoms with Crippen molar-refractivity contribution >= 4 is 46.1 Å². The fraction of sp³-hybridized carbons (Fsp3) is 0.200. The molecule has 3 aromatic rings. The predicted molar refractivity (Wildman–Crippen MR) is 113 cm³/mol. The zero-order valence-corrected chi connectivity index (χ0v) is 17.2. The number of ether oxygens (including phenoxy) is 1. The second kappa shape index (κ2) is 8.29. The van der Waals surface area contributed by atoms with Gasteiger partial charge in [-0.05, 0) is 53.4 Å². The molecule has 138 valence electrons. The van der Waals surface area contributed by atoms with Crippen LogP contribution in [0.3, 0.4) is 0 Å². The van der Waals surface area contributed by atoms with Crippen molar-refractivity contribution in [1.82, 2.24) is 5.01 Å². The maximum Gasteiger partial charge on any atom is 0.281 e. The van der Waals surface area contributed by atoms with Crippen LogP contribution in [-0.2, 0) is 4.79 Å². The SMILES string of the molecule is CSc1ccc(OCC(=O)N2N=C(c3cccs3)C[C@H]2c2cccs2)cc1. The van der Waals surface area contributed by atoms with Crippen molar-refractivity contribution in [3.63, 3.8) is 0 Å². The minimum absolute atomic E-state index is 0.0261. The van der Waals surface area contributed by atoms with Gasteiger partial charge in [-0.1, -0.05) is 12.1 Å². The highest BCUT2D eigenvalue weighted by Crippen LogP contribution is 2.36. The molecule has 1 atom stereocenters. The Hall–Kier alpha value is -2.09. The Balaban J connectivity index is 1.49.